The Balaban J connectivity index is 1.83. The Morgan fingerprint density at radius 3 is 2.56 bits per heavy atom. The molecule has 130 valence electrons. The minimum absolute atomic E-state index is 0.134. The van der Waals surface area contributed by atoms with Gasteiger partial charge in [-0.1, -0.05) is 18.2 Å². The van der Waals surface area contributed by atoms with Crippen molar-refractivity contribution in [1.29, 1.82) is 0 Å². The maximum atomic E-state index is 13.2. The maximum absolute atomic E-state index is 13.2. The Labute approximate surface area is 148 Å². The molecular formula is C21H25N3O. The monoisotopic (exact) mass is 335 g/mol. The predicted molar refractivity (Wildman–Crippen MR) is 102 cm³/mol. The fraction of sp³-hybridized carbons (Fsp3) is 0.333. The van der Waals surface area contributed by atoms with Crippen LogP contribution in [0.4, 0.5) is 0 Å². The van der Waals surface area contributed by atoms with Gasteiger partial charge in [0.15, 0.2) is 0 Å². The molecule has 1 N–H and O–H groups in total. The lowest BCUT2D eigenvalue weighted by Gasteiger charge is -2.30. The summed E-state index contributed by atoms with van der Waals surface area (Å²) in [7, 11) is 1.88. The molecule has 25 heavy (non-hydrogen) atoms. The van der Waals surface area contributed by atoms with Gasteiger partial charge in [-0.2, -0.15) is 0 Å². The van der Waals surface area contributed by atoms with Crippen molar-refractivity contribution in [2.45, 2.75) is 32.6 Å². The molecule has 3 rings (SSSR count). The number of pyridine rings is 1. The molecular weight excluding hydrogens is 310 g/mol. The summed E-state index contributed by atoms with van der Waals surface area (Å²) in [6.45, 7) is 6.76. The number of carbonyl (C=O) groups is 1. The van der Waals surface area contributed by atoms with Gasteiger partial charge < -0.3 is 9.88 Å². The van der Waals surface area contributed by atoms with Crippen LogP contribution in [0.1, 0.15) is 30.7 Å². The van der Waals surface area contributed by atoms with Gasteiger partial charge in [0.25, 0.3) is 0 Å². The molecule has 0 radical (unpaired) electrons. The summed E-state index contributed by atoms with van der Waals surface area (Å²) in [5.41, 5.74) is 3.83. The first-order chi connectivity index (χ1) is 11.9. The summed E-state index contributed by atoms with van der Waals surface area (Å²) in [5, 5.41) is 1.13. The highest BCUT2D eigenvalue weighted by molar-refractivity contribution is 5.95. The van der Waals surface area contributed by atoms with Gasteiger partial charge in [-0.05, 0) is 56.5 Å². The number of hydrogen-bond donors (Lipinski definition) is 1. The largest absolute Gasteiger partial charge is 0.358 e. The lowest BCUT2D eigenvalue weighted by molar-refractivity contribution is -0.134. The van der Waals surface area contributed by atoms with Gasteiger partial charge in [0.1, 0.15) is 0 Å². The van der Waals surface area contributed by atoms with E-state index in [-0.39, 0.29) is 5.91 Å². The maximum Gasteiger partial charge on any atom is 0.232 e. The second-order valence-electron chi connectivity index (χ2n) is 7.13. The van der Waals surface area contributed by atoms with Crippen LogP contribution in [-0.2, 0) is 16.6 Å². The fourth-order valence-corrected chi connectivity index (χ4v) is 3.61. The SMILES string of the molecule is Cc1[nH]c2ccccc2c1C(C)(C)C(=O)N(C)CCc1ccncc1. The Kier molecular flexibility index (Phi) is 4.62. The molecule has 0 saturated carbocycles. The van der Waals surface area contributed by atoms with Crippen molar-refractivity contribution in [3.05, 3.63) is 65.6 Å². The predicted octanol–water partition coefficient (Wildman–Crippen LogP) is 3.85. The molecule has 1 amide bonds. The quantitative estimate of drug-likeness (QED) is 0.770. The van der Waals surface area contributed by atoms with Gasteiger partial charge in [-0.25, -0.2) is 0 Å². The highest BCUT2D eigenvalue weighted by Crippen LogP contribution is 2.34. The molecule has 0 aliphatic carbocycles. The number of fused-ring (bicyclic) bond motifs is 1. The van der Waals surface area contributed by atoms with Crippen LogP contribution in [0.15, 0.2) is 48.8 Å². The second kappa shape index (κ2) is 6.71. The number of aromatic nitrogens is 2. The molecule has 2 heterocycles. The average Bonchev–Trinajstić information content (AvgIpc) is 2.96. The second-order valence-corrected chi connectivity index (χ2v) is 7.13. The van der Waals surface area contributed by atoms with Gasteiger partial charge in [0.2, 0.25) is 5.91 Å². The van der Waals surface area contributed by atoms with Crippen LogP contribution >= 0.6 is 0 Å². The topological polar surface area (TPSA) is 49.0 Å². The summed E-state index contributed by atoms with van der Waals surface area (Å²) in [5.74, 6) is 0.134. The smallest absolute Gasteiger partial charge is 0.232 e. The van der Waals surface area contributed by atoms with Crippen LogP contribution < -0.4 is 0 Å². The Morgan fingerprint density at radius 2 is 1.84 bits per heavy atom. The number of hydrogen-bond acceptors (Lipinski definition) is 2. The van der Waals surface area contributed by atoms with Crippen LogP contribution in [0, 0.1) is 6.92 Å². The summed E-state index contributed by atoms with van der Waals surface area (Å²) in [4.78, 5) is 22.5. The van der Waals surface area contributed by atoms with E-state index in [1.165, 1.54) is 5.56 Å². The number of nitrogens with zero attached hydrogens (tertiary/aromatic N) is 2. The first-order valence-electron chi connectivity index (χ1n) is 8.63. The number of para-hydroxylation sites is 1. The summed E-state index contributed by atoms with van der Waals surface area (Å²) < 4.78 is 0. The number of benzene rings is 1. The van der Waals surface area contributed by atoms with Crippen molar-refractivity contribution in [1.82, 2.24) is 14.9 Å². The number of aryl methyl sites for hydroxylation is 1. The van der Waals surface area contributed by atoms with E-state index in [9.17, 15) is 4.79 Å². The van der Waals surface area contributed by atoms with E-state index in [1.807, 2.05) is 57.0 Å². The highest BCUT2D eigenvalue weighted by atomic mass is 16.2. The van der Waals surface area contributed by atoms with E-state index < -0.39 is 5.41 Å². The van der Waals surface area contributed by atoms with Crippen LogP contribution in [0.25, 0.3) is 10.9 Å². The van der Waals surface area contributed by atoms with Crippen molar-refractivity contribution in [2.24, 2.45) is 0 Å². The molecule has 3 aromatic rings. The Bertz CT molecular complexity index is 881. The van der Waals surface area contributed by atoms with Crippen LogP contribution in [0.3, 0.4) is 0 Å². The van der Waals surface area contributed by atoms with E-state index in [0.717, 1.165) is 28.6 Å². The van der Waals surface area contributed by atoms with E-state index in [4.69, 9.17) is 0 Å². The van der Waals surface area contributed by atoms with E-state index in [2.05, 4.69) is 22.1 Å². The molecule has 4 nitrogen and oxygen atoms in total. The molecule has 0 aliphatic rings. The number of nitrogens with one attached hydrogen (secondary N) is 1. The average molecular weight is 335 g/mol. The number of amides is 1. The zero-order chi connectivity index (χ0) is 18.0. The van der Waals surface area contributed by atoms with Gasteiger partial charge in [-0.15, -0.1) is 0 Å². The molecule has 0 fully saturated rings. The first kappa shape index (κ1) is 17.2. The third-order valence-corrected chi connectivity index (χ3v) is 4.89. The van der Waals surface area contributed by atoms with Gasteiger partial charge in [0.05, 0.1) is 5.41 Å². The zero-order valence-corrected chi connectivity index (χ0v) is 15.3. The van der Waals surface area contributed by atoms with Crippen LogP contribution in [0.2, 0.25) is 0 Å². The lowest BCUT2D eigenvalue weighted by atomic mass is 9.81. The zero-order valence-electron chi connectivity index (χ0n) is 15.3. The third-order valence-electron chi connectivity index (χ3n) is 4.89. The molecule has 0 unspecified atom stereocenters. The Morgan fingerprint density at radius 1 is 1.16 bits per heavy atom. The minimum Gasteiger partial charge on any atom is -0.358 e. The number of H-pyrrole nitrogens is 1. The number of likely N-dealkylation sites (N-methyl/N-ethyl adjacent to an activating group) is 1. The van der Waals surface area contributed by atoms with Gasteiger partial charge in [-0.3, -0.25) is 9.78 Å². The molecule has 0 saturated heterocycles. The van der Waals surface area contributed by atoms with E-state index in [1.54, 1.807) is 12.4 Å². The lowest BCUT2D eigenvalue weighted by Crippen LogP contribution is -2.42. The molecule has 0 atom stereocenters. The van der Waals surface area contributed by atoms with Gasteiger partial charge >= 0.3 is 0 Å². The van der Waals surface area contributed by atoms with Gasteiger partial charge in [0, 0.05) is 42.6 Å². The number of carbonyl (C=O) groups excluding carboxylic acids is 1. The highest BCUT2D eigenvalue weighted by Gasteiger charge is 2.35. The van der Waals surface area contributed by atoms with E-state index in [0.29, 0.717) is 6.54 Å². The summed E-state index contributed by atoms with van der Waals surface area (Å²) >= 11 is 0. The van der Waals surface area contributed by atoms with Crippen molar-refractivity contribution >= 4 is 16.8 Å². The molecule has 4 heteroatoms. The molecule has 0 spiro atoms. The summed E-state index contributed by atoms with van der Waals surface area (Å²) in [6.07, 6.45) is 4.40. The minimum atomic E-state index is -0.587. The molecule has 0 aliphatic heterocycles. The standard InChI is InChI=1S/C21H25N3O/c1-15-19(17-7-5-6-8-18(17)23-15)21(2,3)20(25)24(4)14-11-16-9-12-22-13-10-16/h5-10,12-13,23H,11,14H2,1-4H3. The number of rotatable bonds is 5. The molecule has 1 aromatic carbocycles. The van der Waals surface area contributed by atoms with Crippen molar-refractivity contribution in [3.8, 4) is 0 Å². The van der Waals surface area contributed by atoms with Crippen molar-refractivity contribution < 1.29 is 4.79 Å². The van der Waals surface area contributed by atoms with Crippen molar-refractivity contribution in [3.63, 3.8) is 0 Å². The summed E-state index contributed by atoms with van der Waals surface area (Å²) in [6, 6.07) is 12.2. The Hall–Kier alpha value is -2.62. The molecule has 0 bridgehead atoms. The third kappa shape index (κ3) is 3.29. The van der Waals surface area contributed by atoms with Crippen LogP contribution in [-0.4, -0.2) is 34.4 Å². The first-order valence-corrected chi connectivity index (χ1v) is 8.63. The fourth-order valence-electron chi connectivity index (χ4n) is 3.61. The normalized spacial score (nSPS) is 11.7. The molecule has 2 aromatic heterocycles. The number of aromatic amines is 1. The van der Waals surface area contributed by atoms with E-state index >= 15 is 0 Å². The van der Waals surface area contributed by atoms with Crippen molar-refractivity contribution in [2.75, 3.05) is 13.6 Å². The van der Waals surface area contributed by atoms with Crippen LogP contribution in [0.5, 0.6) is 0 Å².